The fourth-order valence-electron chi connectivity index (χ4n) is 3.86. The van der Waals surface area contributed by atoms with Gasteiger partial charge in [0.1, 0.15) is 29.0 Å². The summed E-state index contributed by atoms with van der Waals surface area (Å²) in [5.41, 5.74) is 0.437. The van der Waals surface area contributed by atoms with E-state index in [4.69, 9.17) is 9.47 Å². The molecule has 2 aromatic carbocycles. The van der Waals surface area contributed by atoms with Crippen molar-refractivity contribution in [2.24, 2.45) is 5.92 Å². The summed E-state index contributed by atoms with van der Waals surface area (Å²) in [5.74, 6) is -3.54. The number of ether oxygens (including phenoxy) is 2. The Morgan fingerprint density at radius 1 is 1.06 bits per heavy atom. The van der Waals surface area contributed by atoms with Crippen molar-refractivity contribution in [2.75, 3.05) is 27.8 Å². The largest absolute Gasteiger partial charge is 0.497 e. The van der Waals surface area contributed by atoms with Gasteiger partial charge in [-0.2, -0.15) is 0 Å². The SMILES string of the molecule is CNCCCC(=O)C(C(=O)c1ccc(F)cc1)C1=CC(=O)N(Cc2ccc(OC)cc2OC)C1=O. The average molecular weight is 483 g/mol. The van der Waals surface area contributed by atoms with Gasteiger partial charge in [-0.25, -0.2) is 4.39 Å². The van der Waals surface area contributed by atoms with E-state index in [1.165, 1.54) is 26.4 Å². The Morgan fingerprint density at radius 3 is 2.40 bits per heavy atom. The highest BCUT2D eigenvalue weighted by molar-refractivity contribution is 6.24. The quantitative estimate of drug-likeness (QED) is 0.215. The van der Waals surface area contributed by atoms with Gasteiger partial charge in [0.2, 0.25) is 0 Å². The molecule has 0 radical (unpaired) electrons. The van der Waals surface area contributed by atoms with Crippen molar-refractivity contribution in [2.45, 2.75) is 19.4 Å². The van der Waals surface area contributed by atoms with E-state index in [1.807, 2.05) is 0 Å². The Bertz CT molecular complexity index is 1160. The van der Waals surface area contributed by atoms with Crippen molar-refractivity contribution in [3.63, 3.8) is 0 Å². The first-order chi connectivity index (χ1) is 16.8. The molecule has 1 aliphatic rings. The second kappa shape index (κ2) is 11.5. The van der Waals surface area contributed by atoms with Crippen LogP contribution in [0.5, 0.6) is 11.5 Å². The van der Waals surface area contributed by atoms with E-state index in [0.29, 0.717) is 30.0 Å². The number of Topliss-reactive ketones (excluding diaryl/α,β-unsaturated/α-hetero) is 2. The highest BCUT2D eigenvalue weighted by atomic mass is 19.1. The van der Waals surface area contributed by atoms with Crippen LogP contribution in [0.2, 0.25) is 0 Å². The maximum absolute atomic E-state index is 13.4. The summed E-state index contributed by atoms with van der Waals surface area (Å²) >= 11 is 0. The summed E-state index contributed by atoms with van der Waals surface area (Å²) < 4.78 is 23.9. The zero-order chi connectivity index (χ0) is 25.5. The van der Waals surface area contributed by atoms with Crippen LogP contribution in [-0.4, -0.2) is 56.1 Å². The second-order valence-corrected chi connectivity index (χ2v) is 7.98. The van der Waals surface area contributed by atoms with Crippen molar-refractivity contribution in [3.8, 4) is 11.5 Å². The van der Waals surface area contributed by atoms with Crippen LogP contribution in [-0.2, 0) is 20.9 Å². The number of imide groups is 1. The van der Waals surface area contributed by atoms with Gasteiger partial charge >= 0.3 is 0 Å². The summed E-state index contributed by atoms with van der Waals surface area (Å²) in [6.45, 7) is 0.425. The molecule has 2 amide bonds. The van der Waals surface area contributed by atoms with Gasteiger partial charge in [0.05, 0.1) is 20.8 Å². The monoisotopic (exact) mass is 482 g/mol. The fraction of sp³-hybridized carbons (Fsp3) is 0.308. The van der Waals surface area contributed by atoms with E-state index in [2.05, 4.69) is 5.32 Å². The number of methoxy groups -OCH3 is 2. The van der Waals surface area contributed by atoms with Crippen LogP contribution in [0.1, 0.15) is 28.8 Å². The zero-order valence-electron chi connectivity index (χ0n) is 19.8. The molecule has 1 N–H and O–H groups in total. The van der Waals surface area contributed by atoms with Crippen molar-refractivity contribution in [3.05, 3.63) is 71.1 Å². The molecule has 8 nitrogen and oxygen atoms in total. The normalized spacial score (nSPS) is 14.1. The minimum atomic E-state index is -1.46. The molecule has 0 aliphatic carbocycles. The highest BCUT2D eigenvalue weighted by Crippen LogP contribution is 2.31. The number of ketones is 2. The summed E-state index contributed by atoms with van der Waals surface area (Å²) in [5, 5.41) is 2.92. The third-order valence-corrected chi connectivity index (χ3v) is 5.73. The topological polar surface area (TPSA) is 102 Å². The summed E-state index contributed by atoms with van der Waals surface area (Å²) in [6, 6.07) is 9.69. The van der Waals surface area contributed by atoms with E-state index in [1.54, 1.807) is 25.2 Å². The van der Waals surface area contributed by atoms with E-state index in [-0.39, 0.29) is 24.1 Å². The van der Waals surface area contributed by atoms with Gasteiger partial charge in [0.15, 0.2) is 5.78 Å². The number of hydrogen-bond donors (Lipinski definition) is 1. The van der Waals surface area contributed by atoms with E-state index in [9.17, 15) is 23.6 Å². The second-order valence-electron chi connectivity index (χ2n) is 7.98. The van der Waals surface area contributed by atoms with Crippen LogP contribution >= 0.6 is 0 Å². The molecule has 1 unspecified atom stereocenters. The molecule has 0 fully saturated rings. The van der Waals surface area contributed by atoms with Crippen LogP contribution in [0.4, 0.5) is 4.39 Å². The first-order valence-electron chi connectivity index (χ1n) is 11.1. The molecule has 35 heavy (non-hydrogen) atoms. The molecule has 0 saturated heterocycles. The summed E-state index contributed by atoms with van der Waals surface area (Å²) in [4.78, 5) is 53.4. The highest BCUT2D eigenvalue weighted by Gasteiger charge is 2.41. The van der Waals surface area contributed by atoms with Crippen LogP contribution in [0.3, 0.4) is 0 Å². The van der Waals surface area contributed by atoms with Crippen LogP contribution in [0, 0.1) is 11.7 Å². The zero-order valence-corrected chi connectivity index (χ0v) is 19.8. The lowest BCUT2D eigenvalue weighted by Crippen LogP contribution is -2.35. The Morgan fingerprint density at radius 2 is 1.77 bits per heavy atom. The molecule has 2 aromatic rings. The van der Waals surface area contributed by atoms with Crippen molar-refractivity contribution in [1.82, 2.24) is 10.2 Å². The van der Waals surface area contributed by atoms with Gasteiger partial charge in [-0.15, -0.1) is 0 Å². The minimum absolute atomic E-state index is 0.0313. The number of halogens is 1. The van der Waals surface area contributed by atoms with Crippen LogP contribution in [0.15, 0.2) is 54.1 Å². The Balaban J connectivity index is 1.90. The Labute approximate surface area is 202 Å². The van der Waals surface area contributed by atoms with Crippen molar-refractivity contribution in [1.29, 1.82) is 0 Å². The molecule has 1 heterocycles. The molecule has 1 atom stereocenters. The molecule has 9 heteroatoms. The summed E-state index contributed by atoms with van der Waals surface area (Å²) in [6.07, 6.45) is 1.52. The minimum Gasteiger partial charge on any atom is -0.497 e. The molecule has 184 valence electrons. The van der Waals surface area contributed by atoms with Gasteiger partial charge < -0.3 is 14.8 Å². The molecular formula is C26H27FN2O6. The predicted octanol–water partition coefficient (Wildman–Crippen LogP) is 2.71. The number of nitrogens with zero attached hydrogens (tertiary/aromatic N) is 1. The van der Waals surface area contributed by atoms with E-state index < -0.39 is 35.1 Å². The maximum Gasteiger partial charge on any atom is 0.258 e. The first kappa shape index (κ1) is 25.8. The number of amides is 2. The van der Waals surface area contributed by atoms with Crippen LogP contribution in [0.25, 0.3) is 0 Å². The number of carbonyl (C=O) groups excluding carboxylic acids is 4. The van der Waals surface area contributed by atoms with Gasteiger partial charge in [-0.1, -0.05) is 0 Å². The summed E-state index contributed by atoms with van der Waals surface area (Å²) in [7, 11) is 4.69. The molecule has 3 rings (SSSR count). The smallest absolute Gasteiger partial charge is 0.258 e. The van der Waals surface area contributed by atoms with Crippen molar-refractivity contribution >= 4 is 23.4 Å². The lowest BCUT2D eigenvalue weighted by Gasteiger charge is -2.20. The third kappa shape index (κ3) is 5.81. The van der Waals surface area contributed by atoms with Gasteiger partial charge in [0.25, 0.3) is 11.8 Å². The van der Waals surface area contributed by atoms with E-state index >= 15 is 0 Å². The molecule has 1 aliphatic heterocycles. The molecule has 0 bridgehead atoms. The van der Waals surface area contributed by atoms with Gasteiger partial charge in [-0.3, -0.25) is 24.1 Å². The average Bonchev–Trinajstić information content (AvgIpc) is 3.12. The molecular weight excluding hydrogens is 455 g/mol. The van der Waals surface area contributed by atoms with E-state index in [0.717, 1.165) is 23.1 Å². The number of benzene rings is 2. The molecule has 0 saturated carbocycles. The number of carbonyl (C=O) groups is 4. The lowest BCUT2D eigenvalue weighted by molar-refractivity contribution is -0.138. The lowest BCUT2D eigenvalue weighted by atomic mass is 9.85. The third-order valence-electron chi connectivity index (χ3n) is 5.73. The predicted molar refractivity (Wildman–Crippen MR) is 126 cm³/mol. The van der Waals surface area contributed by atoms with Crippen molar-refractivity contribution < 1.29 is 33.0 Å². The Kier molecular flexibility index (Phi) is 8.48. The molecule has 0 spiro atoms. The fourth-order valence-corrected chi connectivity index (χ4v) is 3.86. The first-order valence-corrected chi connectivity index (χ1v) is 11.1. The number of rotatable bonds is 12. The van der Waals surface area contributed by atoms with Gasteiger partial charge in [-0.05, 0) is 56.4 Å². The molecule has 0 aromatic heterocycles. The van der Waals surface area contributed by atoms with Gasteiger partial charge in [0, 0.05) is 35.3 Å². The standard InChI is InChI=1S/C26H27FN2O6/c1-28-12-4-5-21(30)24(25(32)16-6-9-18(27)10-7-16)20-14-23(31)29(26(20)33)15-17-8-11-19(34-2)13-22(17)35-3/h6-11,13-14,24,28H,4-5,12,15H2,1-3H3. The number of nitrogens with one attached hydrogen (secondary N) is 1. The van der Waals surface area contributed by atoms with Crippen LogP contribution < -0.4 is 14.8 Å². The maximum atomic E-state index is 13.4. The number of hydrogen-bond acceptors (Lipinski definition) is 7. The Hall–Kier alpha value is -3.85.